The van der Waals surface area contributed by atoms with Gasteiger partial charge < -0.3 is 15.5 Å². The van der Waals surface area contributed by atoms with Crippen molar-refractivity contribution in [2.75, 3.05) is 6.61 Å². The number of carbonyl (C=O) groups is 2. The second-order valence-electron chi connectivity index (χ2n) is 4.54. The summed E-state index contributed by atoms with van der Waals surface area (Å²) in [4.78, 5) is 24.8. The van der Waals surface area contributed by atoms with Gasteiger partial charge in [-0.05, 0) is 24.5 Å². The minimum atomic E-state index is -1.13. The average Bonchev–Trinajstić information content (AvgIpc) is 2.81. The van der Waals surface area contributed by atoms with Gasteiger partial charge in [-0.15, -0.1) is 11.3 Å². The van der Waals surface area contributed by atoms with Crippen LogP contribution in [0.3, 0.4) is 0 Å². The lowest BCUT2D eigenvalue weighted by Crippen LogP contribution is -2.41. The molecule has 1 aromatic rings. The van der Waals surface area contributed by atoms with Crippen LogP contribution in [0.1, 0.15) is 46.8 Å². The normalized spacial score (nSPS) is 12.2. The van der Waals surface area contributed by atoms with Gasteiger partial charge in [0, 0.05) is 17.9 Å². The third-order valence-electron chi connectivity index (χ3n) is 3.00. The number of nitrogens with one attached hydrogen (secondary N) is 1. The van der Waals surface area contributed by atoms with Crippen molar-refractivity contribution < 1.29 is 19.8 Å². The van der Waals surface area contributed by atoms with Gasteiger partial charge in [0.15, 0.2) is 0 Å². The Bertz CT molecular complexity index is 470. The van der Waals surface area contributed by atoms with Gasteiger partial charge in [0.05, 0.1) is 4.88 Å². The predicted molar refractivity (Wildman–Crippen MR) is 78.3 cm³/mol. The Morgan fingerprint density at radius 2 is 2.10 bits per heavy atom. The first-order chi connectivity index (χ1) is 9.53. The summed E-state index contributed by atoms with van der Waals surface area (Å²) in [6, 6.07) is 0.789. The maximum Gasteiger partial charge on any atom is 0.326 e. The fraction of sp³-hybridized carbons (Fsp3) is 0.571. The van der Waals surface area contributed by atoms with E-state index in [1.165, 1.54) is 16.2 Å². The molecular weight excluding hydrogens is 278 g/mol. The molecule has 0 aliphatic rings. The zero-order valence-electron chi connectivity index (χ0n) is 11.8. The van der Waals surface area contributed by atoms with Crippen LogP contribution in [0.5, 0.6) is 0 Å². The Balaban J connectivity index is 2.83. The van der Waals surface area contributed by atoms with Gasteiger partial charge in [-0.3, -0.25) is 4.79 Å². The van der Waals surface area contributed by atoms with Gasteiger partial charge in [0.1, 0.15) is 6.04 Å². The molecule has 0 bridgehead atoms. The number of aliphatic hydroxyl groups excluding tert-OH is 1. The lowest BCUT2D eigenvalue weighted by Gasteiger charge is -2.12. The fourth-order valence-corrected chi connectivity index (χ4v) is 3.19. The summed E-state index contributed by atoms with van der Waals surface area (Å²) in [6.45, 7) is 3.85. The summed E-state index contributed by atoms with van der Waals surface area (Å²) in [7, 11) is 0. The second kappa shape index (κ2) is 8.01. The smallest absolute Gasteiger partial charge is 0.326 e. The van der Waals surface area contributed by atoms with Crippen molar-refractivity contribution in [1.82, 2.24) is 5.32 Å². The molecule has 1 aromatic heterocycles. The second-order valence-corrected chi connectivity index (χ2v) is 5.68. The molecule has 0 aliphatic heterocycles. The molecule has 0 radical (unpaired) electrons. The molecule has 1 atom stereocenters. The molecule has 3 N–H and O–H groups in total. The molecule has 0 saturated carbocycles. The quantitative estimate of drug-likeness (QED) is 0.683. The van der Waals surface area contributed by atoms with E-state index >= 15 is 0 Å². The van der Waals surface area contributed by atoms with Gasteiger partial charge >= 0.3 is 5.97 Å². The van der Waals surface area contributed by atoms with Gasteiger partial charge in [0.2, 0.25) is 0 Å². The molecule has 1 heterocycles. The number of rotatable bonds is 8. The molecule has 0 spiro atoms. The summed E-state index contributed by atoms with van der Waals surface area (Å²) in [6.07, 6.45) is 2.81. The Morgan fingerprint density at radius 1 is 1.40 bits per heavy atom. The van der Waals surface area contributed by atoms with Crippen LogP contribution in [0.2, 0.25) is 0 Å². The van der Waals surface area contributed by atoms with Gasteiger partial charge in [-0.25, -0.2) is 4.79 Å². The van der Waals surface area contributed by atoms with E-state index in [4.69, 9.17) is 10.2 Å². The third-order valence-corrected chi connectivity index (χ3v) is 4.24. The fourth-order valence-electron chi connectivity index (χ4n) is 1.93. The number of aliphatic hydroxyl groups is 1. The molecule has 1 amide bonds. The molecule has 1 rings (SSSR count). The predicted octanol–water partition coefficient (Wildman–Crippen LogP) is 1.83. The third kappa shape index (κ3) is 4.31. The van der Waals surface area contributed by atoms with Crippen molar-refractivity contribution >= 4 is 23.2 Å². The van der Waals surface area contributed by atoms with Crippen molar-refractivity contribution in [1.29, 1.82) is 0 Å². The van der Waals surface area contributed by atoms with Gasteiger partial charge in [-0.1, -0.05) is 20.3 Å². The van der Waals surface area contributed by atoms with Gasteiger partial charge in [-0.2, -0.15) is 0 Å². The molecule has 20 heavy (non-hydrogen) atoms. The highest BCUT2D eigenvalue weighted by molar-refractivity contribution is 7.14. The van der Waals surface area contributed by atoms with E-state index in [2.05, 4.69) is 12.2 Å². The highest BCUT2D eigenvalue weighted by Crippen LogP contribution is 2.24. The number of carboxylic acid groups (broad SMARTS) is 1. The lowest BCUT2D eigenvalue weighted by atomic mass is 10.1. The van der Waals surface area contributed by atoms with Crippen LogP contribution < -0.4 is 5.32 Å². The topological polar surface area (TPSA) is 86.6 Å². The van der Waals surface area contributed by atoms with Crippen LogP contribution in [0.15, 0.2) is 6.07 Å². The molecule has 0 saturated heterocycles. The van der Waals surface area contributed by atoms with Crippen molar-refractivity contribution in [2.45, 2.75) is 45.6 Å². The maximum atomic E-state index is 12.1. The number of carbonyl (C=O) groups excluding carboxylic acids is 1. The Labute approximate surface area is 122 Å². The summed E-state index contributed by atoms with van der Waals surface area (Å²) >= 11 is 1.42. The van der Waals surface area contributed by atoms with E-state index in [9.17, 15) is 9.59 Å². The van der Waals surface area contributed by atoms with Gasteiger partial charge in [0.25, 0.3) is 5.91 Å². The van der Waals surface area contributed by atoms with Crippen LogP contribution in [0.25, 0.3) is 0 Å². The first-order valence-electron chi connectivity index (χ1n) is 6.79. The lowest BCUT2D eigenvalue weighted by molar-refractivity contribution is -0.139. The summed E-state index contributed by atoms with van der Waals surface area (Å²) in [5.41, 5.74) is 1.15. The SMILES string of the molecule is CCCc1sc(C(=O)NC(CCO)C(=O)O)cc1CC. The summed E-state index contributed by atoms with van der Waals surface area (Å²) < 4.78 is 0. The van der Waals surface area contributed by atoms with Crippen molar-refractivity contribution in [3.05, 3.63) is 21.4 Å². The molecule has 0 aromatic carbocycles. The number of hydrogen-bond acceptors (Lipinski definition) is 4. The minimum absolute atomic E-state index is 0.00883. The first-order valence-corrected chi connectivity index (χ1v) is 7.61. The first kappa shape index (κ1) is 16.7. The monoisotopic (exact) mass is 299 g/mol. The van der Waals surface area contributed by atoms with E-state index in [0.29, 0.717) is 4.88 Å². The minimum Gasteiger partial charge on any atom is -0.480 e. The number of thiophene rings is 1. The Morgan fingerprint density at radius 3 is 2.60 bits per heavy atom. The molecule has 5 nitrogen and oxygen atoms in total. The number of hydrogen-bond donors (Lipinski definition) is 3. The number of carboxylic acids is 1. The van der Waals surface area contributed by atoms with Crippen molar-refractivity contribution in [3.63, 3.8) is 0 Å². The van der Waals surface area contributed by atoms with E-state index in [-0.39, 0.29) is 18.9 Å². The molecule has 6 heteroatoms. The number of amides is 1. The zero-order valence-corrected chi connectivity index (χ0v) is 12.6. The highest BCUT2D eigenvalue weighted by atomic mass is 32.1. The standard InChI is InChI=1S/C14H21NO4S/c1-3-5-11-9(4-2)8-12(20-11)13(17)15-10(6-7-16)14(18)19/h8,10,16H,3-7H2,1-2H3,(H,15,17)(H,18,19). The summed E-state index contributed by atoms with van der Waals surface area (Å²) in [5, 5.41) is 20.2. The number of aryl methyl sites for hydroxylation is 2. The highest BCUT2D eigenvalue weighted by Gasteiger charge is 2.21. The van der Waals surface area contributed by atoms with Crippen molar-refractivity contribution in [3.8, 4) is 0 Å². The van der Waals surface area contributed by atoms with E-state index in [0.717, 1.165) is 24.8 Å². The van der Waals surface area contributed by atoms with Crippen LogP contribution in [-0.4, -0.2) is 34.7 Å². The van der Waals surface area contributed by atoms with Crippen LogP contribution in [0, 0.1) is 0 Å². The Kier molecular flexibility index (Phi) is 6.67. The van der Waals surface area contributed by atoms with E-state index in [1.54, 1.807) is 0 Å². The molecule has 1 unspecified atom stereocenters. The van der Waals surface area contributed by atoms with Crippen LogP contribution in [-0.2, 0) is 17.6 Å². The largest absolute Gasteiger partial charge is 0.480 e. The summed E-state index contributed by atoms with van der Waals surface area (Å²) in [5.74, 6) is -1.51. The van der Waals surface area contributed by atoms with E-state index < -0.39 is 12.0 Å². The molecular formula is C14H21NO4S. The van der Waals surface area contributed by atoms with Crippen LogP contribution >= 0.6 is 11.3 Å². The maximum absolute atomic E-state index is 12.1. The van der Waals surface area contributed by atoms with E-state index in [1.807, 2.05) is 13.0 Å². The van der Waals surface area contributed by atoms with Crippen molar-refractivity contribution in [2.24, 2.45) is 0 Å². The zero-order chi connectivity index (χ0) is 15.1. The Hall–Kier alpha value is -1.40. The van der Waals surface area contributed by atoms with Crippen LogP contribution in [0.4, 0.5) is 0 Å². The molecule has 112 valence electrons. The number of aliphatic carboxylic acids is 1. The molecule has 0 aliphatic carbocycles. The molecule has 0 fully saturated rings. The average molecular weight is 299 g/mol.